The molecule has 20 heavy (non-hydrogen) atoms. The minimum absolute atomic E-state index is 0.0402. The monoisotopic (exact) mass is 273 g/mol. The van der Waals surface area contributed by atoms with Crippen molar-refractivity contribution in [2.45, 2.75) is 32.9 Å². The van der Waals surface area contributed by atoms with Gasteiger partial charge in [-0.1, -0.05) is 23.8 Å². The maximum Gasteiger partial charge on any atom is 0.241 e. The van der Waals surface area contributed by atoms with Crippen LogP contribution in [0.5, 0.6) is 0 Å². The summed E-state index contributed by atoms with van der Waals surface area (Å²) >= 11 is 0. The number of nitrogens with two attached hydrogens (primary N) is 1. The van der Waals surface area contributed by atoms with Crippen LogP contribution in [0.2, 0.25) is 0 Å². The normalized spacial score (nSPS) is 17.4. The number of anilines is 1. The van der Waals surface area contributed by atoms with Crippen molar-refractivity contribution in [1.29, 1.82) is 0 Å². The fourth-order valence-corrected chi connectivity index (χ4v) is 2.27. The molecular weight excluding hydrogens is 250 g/mol. The molecule has 4 nitrogen and oxygen atoms in total. The Morgan fingerprint density at radius 2 is 2.10 bits per heavy atom. The van der Waals surface area contributed by atoms with Crippen molar-refractivity contribution < 1.29 is 4.79 Å². The maximum atomic E-state index is 12.2. The highest BCUT2D eigenvalue weighted by Crippen LogP contribution is 2.14. The summed E-state index contributed by atoms with van der Waals surface area (Å²) in [5.74, 6) is 0.0402. The third kappa shape index (κ3) is 3.68. The molecule has 0 bridgehead atoms. The predicted molar refractivity (Wildman–Crippen MR) is 82.4 cm³/mol. The van der Waals surface area contributed by atoms with Gasteiger partial charge in [0, 0.05) is 25.3 Å². The van der Waals surface area contributed by atoms with Gasteiger partial charge in [0.15, 0.2) is 0 Å². The maximum absolute atomic E-state index is 12.2. The minimum atomic E-state index is -0.117. The van der Waals surface area contributed by atoms with Crippen molar-refractivity contribution in [3.05, 3.63) is 41.5 Å². The van der Waals surface area contributed by atoms with Crippen LogP contribution in [0.15, 0.2) is 35.9 Å². The number of carbonyl (C=O) groups is 1. The van der Waals surface area contributed by atoms with Crippen LogP contribution in [-0.4, -0.2) is 29.9 Å². The lowest BCUT2D eigenvalue weighted by Gasteiger charge is -2.30. The minimum Gasteiger partial charge on any atom is -0.326 e. The molecular formula is C16H23N3O. The van der Waals surface area contributed by atoms with Crippen molar-refractivity contribution in [2.24, 2.45) is 5.73 Å². The molecule has 3 N–H and O–H groups in total. The Labute approximate surface area is 120 Å². The van der Waals surface area contributed by atoms with Crippen molar-refractivity contribution in [3.8, 4) is 0 Å². The van der Waals surface area contributed by atoms with Gasteiger partial charge in [0.2, 0.25) is 5.91 Å². The molecule has 1 heterocycles. The average Bonchev–Trinajstić information content (AvgIpc) is 2.48. The molecule has 1 aromatic carbocycles. The topological polar surface area (TPSA) is 58.4 Å². The lowest BCUT2D eigenvalue weighted by Crippen LogP contribution is -2.44. The SMILES string of the molecule is CC1=CCN(C(C)C(=O)Nc2ccc(CN)cc2)CC1. The van der Waals surface area contributed by atoms with Crippen LogP contribution in [0.3, 0.4) is 0 Å². The number of rotatable bonds is 4. The van der Waals surface area contributed by atoms with Crippen molar-refractivity contribution >= 4 is 11.6 Å². The molecule has 0 saturated heterocycles. The summed E-state index contributed by atoms with van der Waals surface area (Å²) < 4.78 is 0. The number of hydrogen-bond acceptors (Lipinski definition) is 3. The Morgan fingerprint density at radius 3 is 2.65 bits per heavy atom. The number of amides is 1. The molecule has 1 amide bonds. The third-order valence-corrected chi connectivity index (χ3v) is 3.85. The van der Waals surface area contributed by atoms with E-state index in [1.807, 2.05) is 31.2 Å². The van der Waals surface area contributed by atoms with Crippen molar-refractivity contribution in [1.82, 2.24) is 4.90 Å². The molecule has 0 spiro atoms. The molecule has 1 atom stereocenters. The van der Waals surface area contributed by atoms with Gasteiger partial charge >= 0.3 is 0 Å². The summed E-state index contributed by atoms with van der Waals surface area (Å²) in [4.78, 5) is 14.4. The van der Waals surface area contributed by atoms with E-state index in [-0.39, 0.29) is 11.9 Å². The summed E-state index contributed by atoms with van der Waals surface area (Å²) in [5.41, 5.74) is 8.85. The van der Waals surface area contributed by atoms with E-state index in [1.165, 1.54) is 5.57 Å². The van der Waals surface area contributed by atoms with Gasteiger partial charge in [0.1, 0.15) is 0 Å². The van der Waals surface area contributed by atoms with Gasteiger partial charge in [-0.15, -0.1) is 0 Å². The van der Waals surface area contributed by atoms with Crippen LogP contribution < -0.4 is 11.1 Å². The van der Waals surface area contributed by atoms with Gasteiger partial charge in [-0.2, -0.15) is 0 Å². The second-order valence-corrected chi connectivity index (χ2v) is 5.36. The van der Waals surface area contributed by atoms with E-state index >= 15 is 0 Å². The molecule has 4 heteroatoms. The lowest BCUT2D eigenvalue weighted by molar-refractivity contribution is -0.120. The van der Waals surface area contributed by atoms with Crippen LogP contribution >= 0.6 is 0 Å². The Kier molecular flexibility index (Phi) is 4.93. The molecule has 1 unspecified atom stereocenters. The molecule has 1 aliphatic heterocycles. The predicted octanol–water partition coefficient (Wildman–Crippen LogP) is 2.12. The summed E-state index contributed by atoms with van der Waals surface area (Å²) in [6, 6.07) is 7.55. The first-order chi connectivity index (χ1) is 9.60. The smallest absolute Gasteiger partial charge is 0.241 e. The number of hydrogen-bond donors (Lipinski definition) is 2. The standard InChI is InChI=1S/C16H23N3O/c1-12-7-9-19(10-8-12)13(2)16(20)18-15-5-3-14(11-17)4-6-15/h3-7,13H,8-11,17H2,1-2H3,(H,18,20). The van der Waals surface area contributed by atoms with Gasteiger partial charge in [-0.05, 0) is 38.0 Å². The van der Waals surface area contributed by atoms with E-state index in [9.17, 15) is 4.79 Å². The molecule has 1 aromatic rings. The highest BCUT2D eigenvalue weighted by molar-refractivity contribution is 5.94. The Hall–Kier alpha value is -1.65. The molecule has 0 aliphatic carbocycles. The number of nitrogens with zero attached hydrogens (tertiary/aromatic N) is 1. The molecule has 0 radical (unpaired) electrons. The van der Waals surface area contributed by atoms with E-state index in [1.54, 1.807) is 0 Å². The fraction of sp³-hybridized carbons (Fsp3) is 0.438. The summed E-state index contributed by atoms with van der Waals surface area (Å²) in [5, 5.41) is 2.96. The van der Waals surface area contributed by atoms with E-state index < -0.39 is 0 Å². The van der Waals surface area contributed by atoms with Gasteiger partial charge in [0.25, 0.3) is 0 Å². The van der Waals surface area contributed by atoms with Crippen molar-refractivity contribution in [3.63, 3.8) is 0 Å². The number of benzene rings is 1. The lowest BCUT2D eigenvalue weighted by atomic mass is 10.1. The molecule has 0 aromatic heterocycles. The molecule has 0 fully saturated rings. The largest absolute Gasteiger partial charge is 0.326 e. The van der Waals surface area contributed by atoms with E-state index in [2.05, 4.69) is 23.2 Å². The van der Waals surface area contributed by atoms with Crippen LogP contribution in [0.4, 0.5) is 5.69 Å². The first-order valence-corrected chi connectivity index (χ1v) is 7.09. The van der Waals surface area contributed by atoms with Crippen LogP contribution in [0.1, 0.15) is 25.8 Å². The fourth-order valence-electron chi connectivity index (χ4n) is 2.27. The van der Waals surface area contributed by atoms with Crippen LogP contribution in [0.25, 0.3) is 0 Å². The number of nitrogens with one attached hydrogen (secondary N) is 1. The zero-order valence-electron chi connectivity index (χ0n) is 12.2. The van der Waals surface area contributed by atoms with Gasteiger partial charge in [-0.25, -0.2) is 0 Å². The average molecular weight is 273 g/mol. The van der Waals surface area contributed by atoms with E-state index in [4.69, 9.17) is 5.73 Å². The molecule has 2 rings (SSSR count). The zero-order chi connectivity index (χ0) is 14.5. The highest BCUT2D eigenvalue weighted by atomic mass is 16.2. The Bertz CT molecular complexity index is 493. The van der Waals surface area contributed by atoms with Gasteiger partial charge in [-0.3, -0.25) is 9.69 Å². The summed E-state index contributed by atoms with van der Waals surface area (Å²) in [7, 11) is 0. The second kappa shape index (κ2) is 6.68. The first kappa shape index (κ1) is 14.8. The molecule has 1 aliphatic rings. The second-order valence-electron chi connectivity index (χ2n) is 5.36. The van der Waals surface area contributed by atoms with Gasteiger partial charge in [0.05, 0.1) is 6.04 Å². The molecule has 0 saturated carbocycles. The third-order valence-electron chi connectivity index (χ3n) is 3.85. The van der Waals surface area contributed by atoms with E-state index in [0.29, 0.717) is 6.54 Å². The molecule has 108 valence electrons. The zero-order valence-corrected chi connectivity index (χ0v) is 12.2. The Balaban J connectivity index is 1.93. The summed E-state index contributed by atoms with van der Waals surface area (Å²) in [6.07, 6.45) is 3.24. The van der Waals surface area contributed by atoms with Crippen LogP contribution in [-0.2, 0) is 11.3 Å². The number of carbonyl (C=O) groups excluding carboxylic acids is 1. The first-order valence-electron chi connectivity index (χ1n) is 7.09. The Morgan fingerprint density at radius 1 is 1.40 bits per heavy atom. The van der Waals surface area contributed by atoms with Crippen LogP contribution in [0, 0.1) is 0 Å². The quantitative estimate of drug-likeness (QED) is 0.826. The van der Waals surface area contributed by atoms with E-state index in [0.717, 1.165) is 30.8 Å². The summed E-state index contributed by atoms with van der Waals surface area (Å²) in [6.45, 7) is 6.42. The van der Waals surface area contributed by atoms with Crippen molar-refractivity contribution in [2.75, 3.05) is 18.4 Å². The van der Waals surface area contributed by atoms with Gasteiger partial charge < -0.3 is 11.1 Å². The highest BCUT2D eigenvalue weighted by Gasteiger charge is 2.22.